The number of hydrogen-bond acceptors (Lipinski definition) is 5. The minimum atomic E-state index is -0.437. The molecule has 1 atom stereocenters. The first-order valence-electron chi connectivity index (χ1n) is 11.4. The van der Waals surface area contributed by atoms with E-state index in [2.05, 4.69) is 15.3 Å². The number of nitrogens with two attached hydrogens (primary N) is 1. The Balaban J connectivity index is 1.27. The Bertz CT molecular complexity index is 1110. The van der Waals surface area contributed by atoms with E-state index < -0.39 is 11.6 Å². The van der Waals surface area contributed by atoms with Crippen molar-refractivity contribution < 1.29 is 13.5 Å². The maximum atomic E-state index is 13.7. The van der Waals surface area contributed by atoms with E-state index in [1.165, 1.54) is 6.07 Å². The van der Waals surface area contributed by atoms with E-state index in [0.717, 1.165) is 60.8 Å². The van der Waals surface area contributed by atoms with Crippen molar-refractivity contribution >= 4 is 17.1 Å². The van der Waals surface area contributed by atoms with Crippen molar-refractivity contribution in [3.8, 4) is 5.88 Å². The van der Waals surface area contributed by atoms with Crippen molar-refractivity contribution in [2.45, 2.75) is 44.2 Å². The second kappa shape index (κ2) is 10.8. The van der Waals surface area contributed by atoms with Gasteiger partial charge >= 0.3 is 0 Å². The van der Waals surface area contributed by atoms with Crippen LogP contribution in [0.1, 0.15) is 36.8 Å². The summed E-state index contributed by atoms with van der Waals surface area (Å²) >= 11 is 0. The molecule has 0 radical (unpaired) electrons. The van der Waals surface area contributed by atoms with Crippen LogP contribution in [-0.2, 0) is 6.42 Å². The standard InChI is InChI=1S/C26H30F2N4O/c1-33-25-11-10-24-26(32-25)19(12-14-31-24)16-23(29)17-4-7-21(8-5-17)30-13-2-3-18-15-20(27)6-9-22(18)28/h2-3,6,9-12,14-15,17,21,23,30H,4-5,7-8,13,16,29H2,1H3/b3-2+/t17?,21?,23-/m0/s1. The van der Waals surface area contributed by atoms with E-state index in [-0.39, 0.29) is 11.6 Å². The van der Waals surface area contributed by atoms with Crippen LogP contribution in [0.5, 0.6) is 5.88 Å². The number of nitrogens with one attached hydrogen (secondary N) is 1. The van der Waals surface area contributed by atoms with Gasteiger partial charge in [0.2, 0.25) is 5.88 Å². The summed E-state index contributed by atoms with van der Waals surface area (Å²) in [6.45, 7) is 0.619. The zero-order chi connectivity index (χ0) is 23.2. The van der Waals surface area contributed by atoms with Crippen LogP contribution in [0.4, 0.5) is 8.78 Å². The van der Waals surface area contributed by atoms with Crippen LogP contribution in [0.25, 0.3) is 17.1 Å². The van der Waals surface area contributed by atoms with Gasteiger partial charge in [0.15, 0.2) is 0 Å². The lowest BCUT2D eigenvalue weighted by atomic mass is 9.80. The second-order valence-electron chi connectivity index (χ2n) is 8.65. The monoisotopic (exact) mass is 452 g/mol. The van der Waals surface area contributed by atoms with Crippen LogP contribution in [0.3, 0.4) is 0 Å². The molecule has 0 amide bonds. The Morgan fingerprint density at radius 2 is 1.97 bits per heavy atom. The average molecular weight is 453 g/mol. The SMILES string of the molecule is COc1ccc2nccc(C[C@H](N)C3CCC(NC/C=C/c4cc(F)ccc4F)CC3)c2n1. The third kappa shape index (κ3) is 5.92. The molecule has 0 unspecified atom stereocenters. The van der Waals surface area contributed by atoms with Gasteiger partial charge in [0.25, 0.3) is 0 Å². The number of rotatable bonds is 8. The topological polar surface area (TPSA) is 73.1 Å². The van der Waals surface area contributed by atoms with Crippen molar-refractivity contribution in [2.75, 3.05) is 13.7 Å². The van der Waals surface area contributed by atoms with Crippen LogP contribution >= 0.6 is 0 Å². The second-order valence-corrected chi connectivity index (χ2v) is 8.65. The number of fused-ring (bicyclic) bond motifs is 1. The summed E-state index contributed by atoms with van der Waals surface area (Å²) in [4.78, 5) is 8.98. The molecule has 1 saturated carbocycles. The van der Waals surface area contributed by atoms with Gasteiger partial charge in [0.1, 0.15) is 11.6 Å². The van der Waals surface area contributed by atoms with Crippen molar-refractivity contribution in [3.05, 3.63) is 71.4 Å². The maximum Gasteiger partial charge on any atom is 0.213 e. The molecular weight excluding hydrogens is 422 g/mol. The van der Waals surface area contributed by atoms with Crippen molar-refractivity contribution in [1.82, 2.24) is 15.3 Å². The van der Waals surface area contributed by atoms with Crippen LogP contribution in [0.2, 0.25) is 0 Å². The Hall–Kier alpha value is -2.90. The van der Waals surface area contributed by atoms with Gasteiger partial charge < -0.3 is 15.8 Å². The van der Waals surface area contributed by atoms with E-state index in [9.17, 15) is 8.78 Å². The molecule has 1 aliphatic carbocycles. The number of benzene rings is 1. The summed E-state index contributed by atoms with van der Waals surface area (Å²) < 4.78 is 32.2. The summed E-state index contributed by atoms with van der Waals surface area (Å²) in [7, 11) is 1.61. The smallest absolute Gasteiger partial charge is 0.213 e. The molecule has 5 nitrogen and oxygen atoms in total. The lowest BCUT2D eigenvalue weighted by Gasteiger charge is -2.32. The van der Waals surface area contributed by atoms with Gasteiger partial charge in [-0.15, -0.1) is 0 Å². The molecular formula is C26H30F2N4O. The summed E-state index contributed by atoms with van der Waals surface area (Å²) in [5.74, 6) is 0.172. The highest BCUT2D eigenvalue weighted by Gasteiger charge is 2.26. The molecule has 174 valence electrons. The maximum absolute atomic E-state index is 13.7. The number of methoxy groups -OCH3 is 1. The number of ether oxygens (including phenoxy) is 1. The average Bonchev–Trinajstić information content (AvgIpc) is 2.84. The first-order valence-corrected chi connectivity index (χ1v) is 11.4. The first-order chi connectivity index (χ1) is 16.0. The third-order valence-electron chi connectivity index (χ3n) is 6.46. The molecule has 1 aromatic carbocycles. The van der Waals surface area contributed by atoms with Gasteiger partial charge in [-0.3, -0.25) is 4.98 Å². The van der Waals surface area contributed by atoms with E-state index in [4.69, 9.17) is 10.5 Å². The minimum Gasteiger partial charge on any atom is -0.481 e. The molecule has 2 heterocycles. The van der Waals surface area contributed by atoms with E-state index in [1.54, 1.807) is 13.2 Å². The van der Waals surface area contributed by atoms with Gasteiger partial charge in [-0.1, -0.05) is 12.2 Å². The Morgan fingerprint density at radius 3 is 2.76 bits per heavy atom. The summed E-state index contributed by atoms with van der Waals surface area (Å²) in [6.07, 6.45) is 10.2. The van der Waals surface area contributed by atoms with Crippen molar-refractivity contribution in [3.63, 3.8) is 0 Å². The summed E-state index contributed by atoms with van der Waals surface area (Å²) in [5, 5.41) is 3.50. The molecule has 0 spiro atoms. The highest BCUT2D eigenvalue weighted by molar-refractivity contribution is 5.78. The quantitative estimate of drug-likeness (QED) is 0.521. The highest BCUT2D eigenvalue weighted by atomic mass is 19.1. The van der Waals surface area contributed by atoms with Gasteiger partial charge in [0.05, 0.1) is 18.1 Å². The predicted molar refractivity (Wildman–Crippen MR) is 127 cm³/mol. The van der Waals surface area contributed by atoms with E-state index in [1.807, 2.05) is 30.5 Å². The molecule has 0 aliphatic heterocycles. The van der Waals surface area contributed by atoms with Gasteiger partial charge in [-0.05, 0) is 73.9 Å². The molecule has 2 aromatic heterocycles. The zero-order valence-electron chi connectivity index (χ0n) is 18.8. The van der Waals surface area contributed by atoms with Crippen LogP contribution in [0.15, 0.2) is 48.7 Å². The van der Waals surface area contributed by atoms with Gasteiger partial charge in [0, 0.05) is 36.5 Å². The number of aromatic nitrogens is 2. The molecule has 0 saturated heterocycles. The molecule has 3 aromatic rings. The van der Waals surface area contributed by atoms with E-state index in [0.29, 0.717) is 24.4 Å². The van der Waals surface area contributed by atoms with E-state index >= 15 is 0 Å². The Morgan fingerprint density at radius 1 is 1.15 bits per heavy atom. The van der Waals surface area contributed by atoms with Crippen molar-refractivity contribution in [1.29, 1.82) is 0 Å². The zero-order valence-corrected chi connectivity index (χ0v) is 18.8. The first kappa shape index (κ1) is 23.3. The van der Waals surface area contributed by atoms with Gasteiger partial charge in [-0.25, -0.2) is 13.8 Å². The highest BCUT2D eigenvalue weighted by Crippen LogP contribution is 2.29. The molecule has 1 aliphatic rings. The van der Waals surface area contributed by atoms with Crippen LogP contribution in [0, 0.1) is 17.6 Å². The minimum absolute atomic E-state index is 0.0559. The molecule has 3 N–H and O–H groups in total. The Kier molecular flexibility index (Phi) is 7.62. The predicted octanol–water partition coefficient (Wildman–Crippen LogP) is 4.65. The summed E-state index contributed by atoms with van der Waals surface area (Å²) in [5.41, 5.74) is 9.69. The fourth-order valence-corrected chi connectivity index (χ4v) is 4.57. The molecule has 0 bridgehead atoms. The lowest BCUT2D eigenvalue weighted by Crippen LogP contribution is -2.39. The third-order valence-corrected chi connectivity index (χ3v) is 6.46. The molecule has 7 heteroatoms. The number of pyridine rings is 2. The van der Waals surface area contributed by atoms with Crippen molar-refractivity contribution in [2.24, 2.45) is 11.7 Å². The number of hydrogen-bond donors (Lipinski definition) is 2. The largest absolute Gasteiger partial charge is 0.481 e. The fourth-order valence-electron chi connectivity index (χ4n) is 4.57. The fraction of sp³-hybridized carbons (Fsp3) is 0.385. The van der Waals surface area contributed by atoms with Crippen LogP contribution in [-0.4, -0.2) is 35.7 Å². The number of halogens is 2. The van der Waals surface area contributed by atoms with Crippen LogP contribution < -0.4 is 15.8 Å². The van der Waals surface area contributed by atoms with Gasteiger partial charge in [-0.2, -0.15) is 0 Å². The summed E-state index contributed by atoms with van der Waals surface area (Å²) in [6, 6.07) is 9.67. The Labute approximate surface area is 193 Å². The normalized spacial score (nSPS) is 19.8. The molecule has 33 heavy (non-hydrogen) atoms. The molecule has 1 fully saturated rings. The molecule has 4 rings (SSSR count). The number of nitrogens with zero attached hydrogens (tertiary/aromatic N) is 2. The lowest BCUT2D eigenvalue weighted by molar-refractivity contribution is 0.261.